The molecule has 3 aromatic rings. The number of aliphatic hydroxyl groups is 1. The van der Waals surface area contributed by atoms with Crippen LogP contribution in [0.1, 0.15) is 43.5 Å². The van der Waals surface area contributed by atoms with Gasteiger partial charge in [0.05, 0.1) is 31.0 Å². The number of aromatic nitrogens is 4. The van der Waals surface area contributed by atoms with Crippen molar-refractivity contribution in [3.8, 4) is 11.5 Å². The molecular formula is C20H23N5O4. The molecule has 2 aliphatic rings. The van der Waals surface area contributed by atoms with Gasteiger partial charge in [0, 0.05) is 30.0 Å². The molecule has 0 bridgehead atoms. The van der Waals surface area contributed by atoms with E-state index in [9.17, 15) is 9.90 Å². The first-order valence-electron chi connectivity index (χ1n) is 9.94. The number of hydrogen-bond acceptors (Lipinski definition) is 7. The van der Waals surface area contributed by atoms with Crippen LogP contribution in [0.15, 0.2) is 28.9 Å². The third-order valence-corrected chi connectivity index (χ3v) is 6.01. The van der Waals surface area contributed by atoms with Gasteiger partial charge in [-0.3, -0.25) is 4.68 Å². The van der Waals surface area contributed by atoms with E-state index in [1.165, 1.54) is 7.11 Å². The van der Waals surface area contributed by atoms with Gasteiger partial charge < -0.3 is 19.3 Å². The van der Waals surface area contributed by atoms with E-state index in [0.29, 0.717) is 24.8 Å². The van der Waals surface area contributed by atoms with Crippen LogP contribution in [0, 0.1) is 0 Å². The van der Waals surface area contributed by atoms with Gasteiger partial charge in [-0.1, -0.05) is 11.2 Å². The largest absolute Gasteiger partial charge is 0.453 e. The number of piperidine rings is 1. The van der Waals surface area contributed by atoms with Crippen LogP contribution < -0.4 is 0 Å². The third-order valence-electron chi connectivity index (χ3n) is 6.01. The smallest absolute Gasteiger partial charge is 0.409 e. The molecule has 1 saturated carbocycles. The normalized spacial score (nSPS) is 22.6. The molecule has 1 saturated heterocycles. The summed E-state index contributed by atoms with van der Waals surface area (Å²) in [6, 6.07) is 6.21. The van der Waals surface area contributed by atoms with Crippen molar-refractivity contribution in [3.63, 3.8) is 0 Å². The minimum Gasteiger partial charge on any atom is -0.453 e. The molecule has 1 aliphatic heterocycles. The highest BCUT2D eigenvalue weighted by molar-refractivity contribution is 5.83. The number of rotatable bonds is 3. The average molecular weight is 397 g/mol. The minimum atomic E-state index is -0.291. The Balaban J connectivity index is 1.35. The minimum absolute atomic E-state index is 0.166. The topological polar surface area (TPSA) is 107 Å². The number of hydrogen-bond donors (Lipinski definition) is 1. The fourth-order valence-corrected chi connectivity index (χ4v) is 4.19. The fourth-order valence-electron chi connectivity index (χ4n) is 4.19. The Hall–Kier alpha value is -2.94. The van der Waals surface area contributed by atoms with Crippen LogP contribution in [-0.2, 0) is 4.74 Å². The van der Waals surface area contributed by atoms with E-state index < -0.39 is 0 Å². The van der Waals surface area contributed by atoms with E-state index in [0.717, 1.165) is 42.1 Å². The molecule has 1 aromatic carbocycles. The lowest BCUT2D eigenvalue weighted by Crippen LogP contribution is -2.37. The van der Waals surface area contributed by atoms with Crippen LogP contribution in [0.3, 0.4) is 0 Å². The standard InChI is InChI=1S/C20H23N5O4/c1-28-20(27)24-6-4-12(5-7-24)18-22-19(29-23-18)13-2-3-14-11-21-25(17(14)8-13)15-9-16(26)10-15/h2-3,8,11-12,15-16,26H,4-7,9-10H2,1H3. The Morgan fingerprint density at radius 3 is 2.79 bits per heavy atom. The van der Waals surface area contributed by atoms with Gasteiger partial charge in [-0.05, 0) is 37.8 Å². The van der Waals surface area contributed by atoms with Gasteiger partial charge in [0.1, 0.15) is 0 Å². The molecular weight excluding hydrogens is 374 g/mol. The molecule has 9 nitrogen and oxygen atoms in total. The molecule has 5 rings (SSSR count). The van der Waals surface area contributed by atoms with Gasteiger partial charge in [0.15, 0.2) is 5.82 Å². The number of ether oxygens (including phenoxy) is 1. The predicted octanol–water partition coefficient (Wildman–Crippen LogP) is 2.73. The Labute approximate surface area is 167 Å². The summed E-state index contributed by atoms with van der Waals surface area (Å²) < 4.78 is 12.3. The third kappa shape index (κ3) is 3.25. The van der Waals surface area contributed by atoms with Gasteiger partial charge in [-0.15, -0.1) is 0 Å². The number of carbonyl (C=O) groups excluding carboxylic acids is 1. The van der Waals surface area contributed by atoms with E-state index >= 15 is 0 Å². The van der Waals surface area contributed by atoms with Gasteiger partial charge in [-0.25, -0.2) is 4.79 Å². The Morgan fingerprint density at radius 1 is 1.28 bits per heavy atom. The summed E-state index contributed by atoms with van der Waals surface area (Å²) in [5.41, 5.74) is 1.86. The van der Waals surface area contributed by atoms with Gasteiger partial charge in [0.25, 0.3) is 5.89 Å². The van der Waals surface area contributed by atoms with Crippen molar-refractivity contribution in [2.75, 3.05) is 20.2 Å². The van der Waals surface area contributed by atoms with Crippen molar-refractivity contribution >= 4 is 17.0 Å². The summed E-state index contributed by atoms with van der Waals surface area (Å²) >= 11 is 0. The van der Waals surface area contributed by atoms with E-state index in [1.807, 2.05) is 29.1 Å². The number of likely N-dealkylation sites (tertiary alicyclic amines) is 1. The highest BCUT2D eigenvalue weighted by Crippen LogP contribution is 2.35. The summed E-state index contributed by atoms with van der Waals surface area (Å²) in [6.07, 6.45) is 4.35. The quantitative estimate of drug-likeness (QED) is 0.724. The molecule has 0 spiro atoms. The average Bonchev–Trinajstić information content (AvgIpc) is 3.38. The first-order valence-corrected chi connectivity index (χ1v) is 9.94. The molecule has 152 valence electrons. The first kappa shape index (κ1) is 18.1. The van der Waals surface area contributed by atoms with Crippen LogP contribution in [0.25, 0.3) is 22.4 Å². The van der Waals surface area contributed by atoms with Crippen molar-refractivity contribution in [3.05, 3.63) is 30.2 Å². The lowest BCUT2D eigenvalue weighted by molar-refractivity contribution is 0.0453. The Kier molecular flexibility index (Phi) is 4.46. The number of fused-ring (bicyclic) bond motifs is 1. The molecule has 1 amide bonds. The van der Waals surface area contributed by atoms with Crippen molar-refractivity contribution in [2.24, 2.45) is 0 Å². The monoisotopic (exact) mass is 397 g/mol. The fraction of sp³-hybridized carbons (Fsp3) is 0.500. The summed E-state index contributed by atoms with van der Waals surface area (Å²) in [5.74, 6) is 1.33. The maximum Gasteiger partial charge on any atom is 0.409 e. The van der Waals surface area contributed by atoms with Crippen LogP contribution in [0.4, 0.5) is 4.79 Å². The lowest BCUT2D eigenvalue weighted by atomic mass is 9.89. The zero-order valence-corrected chi connectivity index (χ0v) is 16.2. The molecule has 0 atom stereocenters. The van der Waals surface area contributed by atoms with Crippen molar-refractivity contribution < 1.29 is 19.2 Å². The first-order chi connectivity index (χ1) is 14.1. The van der Waals surface area contributed by atoms with Crippen molar-refractivity contribution in [2.45, 2.75) is 43.7 Å². The van der Waals surface area contributed by atoms with Gasteiger partial charge >= 0.3 is 6.09 Å². The maximum atomic E-state index is 11.6. The number of carbonyl (C=O) groups is 1. The lowest BCUT2D eigenvalue weighted by Gasteiger charge is -2.31. The second-order valence-corrected chi connectivity index (χ2v) is 7.83. The van der Waals surface area contributed by atoms with E-state index in [2.05, 4.69) is 15.2 Å². The summed E-state index contributed by atoms with van der Waals surface area (Å²) in [7, 11) is 1.40. The van der Waals surface area contributed by atoms with Gasteiger partial charge in [-0.2, -0.15) is 10.1 Å². The molecule has 2 aromatic heterocycles. The van der Waals surface area contributed by atoms with Crippen LogP contribution in [-0.4, -0.2) is 62.3 Å². The van der Waals surface area contributed by atoms with E-state index in [4.69, 9.17) is 9.26 Å². The molecule has 0 radical (unpaired) electrons. The van der Waals surface area contributed by atoms with Crippen molar-refractivity contribution in [1.82, 2.24) is 24.8 Å². The molecule has 1 aliphatic carbocycles. The molecule has 0 unspecified atom stereocenters. The molecule has 1 N–H and O–H groups in total. The zero-order chi connectivity index (χ0) is 20.0. The molecule has 29 heavy (non-hydrogen) atoms. The second-order valence-electron chi connectivity index (χ2n) is 7.83. The SMILES string of the molecule is COC(=O)N1CCC(c2noc(-c3ccc4cnn(C5CC(O)C5)c4c3)n2)CC1. The maximum absolute atomic E-state index is 11.6. The van der Waals surface area contributed by atoms with Gasteiger partial charge in [0.2, 0.25) is 0 Å². The molecule has 2 fully saturated rings. The number of methoxy groups -OCH3 is 1. The highest BCUT2D eigenvalue weighted by Gasteiger charge is 2.31. The second kappa shape index (κ2) is 7.14. The number of nitrogens with zero attached hydrogens (tertiary/aromatic N) is 5. The summed E-state index contributed by atoms with van der Waals surface area (Å²) in [4.78, 5) is 18.0. The van der Waals surface area contributed by atoms with Crippen LogP contribution >= 0.6 is 0 Å². The Bertz CT molecular complexity index is 1030. The Morgan fingerprint density at radius 2 is 2.07 bits per heavy atom. The van der Waals surface area contributed by atoms with E-state index in [1.54, 1.807) is 4.90 Å². The summed E-state index contributed by atoms with van der Waals surface area (Å²) in [6.45, 7) is 1.25. The van der Waals surface area contributed by atoms with Crippen LogP contribution in [0.5, 0.6) is 0 Å². The number of amides is 1. The summed E-state index contributed by atoms with van der Waals surface area (Å²) in [5, 5.41) is 19.3. The number of aliphatic hydroxyl groups excluding tert-OH is 1. The predicted molar refractivity (Wildman–Crippen MR) is 103 cm³/mol. The number of benzene rings is 1. The molecule has 9 heteroatoms. The van der Waals surface area contributed by atoms with Crippen molar-refractivity contribution in [1.29, 1.82) is 0 Å². The molecule has 3 heterocycles. The zero-order valence-electron chi connectivity index (χ0n) is 16.2. The highest BCUT2D eigenvalue weighted by atomic mass is 16.5. The van der Waals surface area contributed by atoms with Crippen LogP contribution in [0.2, 0.25) is 0 Å². The van der Waals surface area contributed by atoms with E-state index in [-0.39, 0.29) is 24.2 Å².